The quantitative estimate of drug-likeness (QED) is 0.660. The minimum Gasteiger partial charge on any atom is -0.347 e. The summed E-state index contributed by atoms with van der Waals surface area (Å²) in [5.74, 6) is -0.970. The normalized spacial score (nSPS) is 21.6. The SMILES string of the molecule is C[C@@H]1C[C@H](C(=O)N[C@@H](c2ccc(Cl)cc2F)C2CC2)N(C(=O)c2cccc(S(C)(=O)=O)c2)C1. The van der Waals surface area contributed by atoms with Gasteiger partial charge >= 0.3 is 0 Å². The Labute approximate surface area is 198 Å². The monoisotopic (exact) mass is 492 g/mol. The fraction of sp³-hybridized carbons (Fsp3) is 0.417. The number of halogens is 2. The van der Waals surface area contributed by atoms with E-state index in [2.05, 4.69) is 5.32 Å². The van der Waals surface area contributed by atoms with E-state index in [9.17, 15) is 22.4 Å². The minimum absolute atomic E-state index is 0.0496. The van der Waals surface area contributed by atoms with Crippen LogP contribution in [0.2, 0.25) is 5.02 Å². The van der Waals surface area contributed by atoms with Crippen molar-refractivity contribution in [1.82, 2.24) is 10.2 Å². The molecule has 1 heterocycles. The van der Waals surface area contributed by atoms with Crippen LogP contribution in [0.3, 0.4) is 0 Å². The van der Waals surface area contributed by atoms with Crippen molar-refractivity contribution in [3.05, 3.63) is 64.4 Å². The Kier molecular flexibility index (Phi) is 6.51. The highest BCUT2D eigenvalue weighted by atomic mass is 35.5. The van der Waals surface area contributed by atoms with Gasteiger partial charge in [-0.25, -0.2) is 12.8 Å². The van der Waals surface area contributed by atoms with Crippen LogP contribution in [-0.2, 0) is 14.6 Å². The van der Waals surface area contributed by atoms with Gasteiger partial charge in [-0.1, -0.05) is 30.7 Å². The van der Waals surface area contributed by atoms with Crippen molar-refractivity contribution < 1.29 is 22.4 Å². The average Bonchev–Trinajstić information content (AvgIpc) is 3.52. The van der Waals surface area contributed by atoms with Crippen molar-refractivity contribution in [2.24, 2.45) is 11.8 Å². The topological polar surface area (TPSA) is 83.6 Å². The third-order valence-electron chi connectivity index (χ3n) is 6.27. The van der Waals surface area contributed by atoms with Crippen LogP contribution in [0.25, 0.3) is 0 Å². The van der Waals surface area contributed by atoms with E-state index in [1.165, 1.54) is 29.2 Å². The number of nitrogens with zero attached hydrogens (tertiary/aromatic N) is 1. The van der Waals surface area contributed by atoms with Crippen molar-refractivity contribution in [3.8, 4) is 0 Å². The molecule has 0 aromatic heterocycles. The zero-order valence-corrected chi connectivity index (χ0v) is 20.0. The number of benzene rings is 2. The van der Waals surface area contributed by atoms with Gasteiger partial charge in [0.2, 0.25) is 5.91 Å². The Morgan fingerprint density at radius 2 is 1.91 bits per heavy atom. The van der Waals surface area contributed by atoms with E-state index in [0.717, 1.165) is 19.1 Å². The number of carbonyl (C=O) groups is 2. The van der Waals surface area contributed by atoms with Gasteiger partial charge in [0.1, 0.15) is 11.9 Å². The molecule has 3 atom stereocenters. The lowest BCUT2D eigenvalue weighted by Gasteiger charge is -2.27. The number of likely N-dealkylation sites (tertiary alicyclic amines) is 1. The van der Waals surface area contributed by atoms with Crippen molar-refractivity contribution in [2.45, 2.75) is 43.2 Å². The van der Waals surface area contributed by atoms with Crippen molar-refractivity contribution in [2.75, 3.05) is 12.8 Å². The highest BCUT2D eigenvalue weighted by Gasteiger charge is 2.41. The molecular formula is C24H26ClFN2O4S. The first kappa shape index (κ1) is 23.7. The molecule has 0 radical (unpaired) electrons. The molecule has 6 nitrogen and oxygen atoms in total. The van der Waals surface area contributed by atoms with Crippen LogP contribution in [0.15, 0.2) is 47.4 Å². The molecular weight excluding hydrogens is 467 g/mol. The number of rotatable bonds is 6. The van der Waals surface area contributed by atoms with Crippen LogP contribution < -0.4 is 5.32 Å². The fourth-order valence-corrected chi connectivity index (χ4v) is 5.25. The minimum atomic E-state index is -3.47. The van der Waals surface area contributed by atoms with Crippen LogP contribution in [-0.4, -0.2) is 44.0 Å². The number of nitrogens with one attached hydrogen (secondary N) is 1. The van der Waals surface area contributed by atoms with Crippen LogP contribution >= 0.6 is 11.6 Å². The first-order chi connectivity index (χ1) is 15.5. The number of amides is 2. The van der Waals surface area contributed by atoms with E-state index in [4.69, 9.17) is 11.6 Å². The predicted octanol–water partition coefficient (Wildman–Crippen LogP) is 4.00. The van der Waals surface area contributed by atoms with Gasteiger partial charge in [0.05, 0.1) is 10.9 Å². The van der Waals surface area contributed by atoms with Gasteiger partial charge in [-0.2, -0.15) is 0 Å². The Morgan fingerprint density at radius 1 is 1.18 bits per heavy atom. The Morgan fingerprint density at radius 3 is 2.55 bits per heavy atom. The van der Waals surface area contributed by atoms with E-state index in [0.29, 0.717) is 18.5 Å². The number of hydrogen-bond donors (Lipinski definition) is 1. The summed E-state index contributed by atoms with van der Waals surface area (Å²) in [5, 5.41) is 3.27. The molecule has 2 aliphatic rings. The van der Waals surface area contributed by atoms with Crippen molar-refractivity contribution in [1.29, 1.82) is 0 Å². The van der Waals surface area contributed by atoms with E-state index in [1.807, 2.05) is 6.92 Å². The largest absolute Gasteiger partial charge is 0.347 e. The number of hydrogen-bond acceptors (Lipinski definition) is 4. The molecule has 0 spiro atoms. The summed E-state index contributed by atoms with van der Waals surface area (Å²) in [6.07, 6.45) is 3.33. The molecule has 2 aromatic rings. The summed E-state index contributed by atoms with van der Waals surface area (Å²) in [6.45, 7) is 2.33. The zero-order valence-electron chi connectivity index (χ0n) is 18.4. The lowest BCUT2D eigenvalue weighted by molar-refractivity contribution is -0.125. The smallest absolute Gasteiger partial charge is 0.254 e. The summed E-state index contributed by atoms with van der Waals surface area (Å²) >= 11 is 5.88. The lowest BCUT2D eigenvalue weighted by Crippen LogP contribution is -2.47. The lowest BCUT2D eigenvalue weighted by atomic mass is 10.0. The van der Waals surface area contributed by atoms with Crippen molar-refractivity contribution in [3.63, 3.8) is 0 Å². The molecule has 0 unspecified atom stereocenters. The summed E-state index contributed by atoms with van der Waals surface area (Å²) in [6, 6.07) is 9.06. The first-order valence-electron chi connectivity index (χ1n) is 10.9. The zero-order chi connectivity index (χ0) is 23.9. The molecule has 9 heteroatoms. The van der Waals surface area contributed by atoms with E-state index in [-0.39, 0.29) is 33.2 Å². The molecule has 2 fully saturated rings. The Bertz CT molecular complexity index is 1200. The van der Waals surface area contributed by atoms with Gasteiger partial charge < -0.3 is 10.2 Å². The van der Waals surface area contributed by atoms with Gasteiger partial charge in [-0.15, -0.1) is 0 Å². The van der Waals surface area contributed by atoms with Gasteiger partial charge in [0.25, 0.3) is 5.91 Å². The molecule has 2 aromatic carbocycles. The van der Waals surface area contributed by atoms with Crippen molar-refractivity contribution >= 4 is 33.3 Å². The highest BCUT2D eigenvalue weighted by Crippen LogP contribution is 2.42. The second-order valence-corrected chi connectivity index (χ2v) is 11.6. The van der Waals surface area contributed by atoms with E-state index < -0.39 is 33.6 Å². The van der Waals surface area contributed by atoms with Gasteiger partial charge in [0, 0.05) is 29.0 Å². The van der Waals surface area contributed by atoms with Crippen LogP contribution in [0, 0.1) is 17.7 Å². The van der Waals surface area contributed by atoms with E-state index in [1.54, 1.807) is 18.2 Å². The van der Waals surface area contributed by atoms with Crippen LogP contribution in [0.5, 0.6) is 0 Å². The molecule has 1 saturated carbocycles. The van der Waals surface area contributed by atoms with Gasteiger partial charge in [-0.05, 0) is 61.4 Å². The third-order valence-corrected chi connectivity index (χ3v) is 7.62. The highest BCUT2D eigenvalue weighted by molar-refractivity contribution is 7.90. The Balaban J connectivity index is 1.57. The second kappa shape index (κ2) is 9.06. The summed E-state index contributed by atoms with van der Waals surface area (Å²) < 4.78 is 38.4. The molecule has 2 amide bonds. The summed E-state index contributed by atoms with van der Waals surface area (Å²) in [4.78, 5) is 28.1. The number of carbonyl (C=O) groups excluding carboxylic acids is 2. The molecule has 176 valence electrons. The molecule has 33 heavy (non-hydrogen) atoms. The Hall–Kier alpha value is -2.45. The molecule has 0 bridgehead atoms. The average molecular weight is 493 g/mol. The second-order valence-electron chi connectivity index (χ2n) is 9.10. The predicted molar refractivity (Wildman–Crippen MR) is 123 cm³/mol. The van der Waals surface area contributed by atoms with E-state index >= 15 is 0 Å². The summed E-state index contributed by atoms with van der Waals surface area (Å²) in [5.41, 5.74) is 0.604. The van der Waals surface area contributed by atoms with Gasteiger partial charge in [0.15, 0.2) is 9.84 Å². The molecule has 1 aliphatic heterocycles. The summed E-state index contributed by atoms with van der Waals surface area (Å²) in [7, 11) is -3.47. The maximum atomic E-state index is 14.6. The van der Waals surface area contributed by atoms with Gasteiger partial charge in [-0.3, -0.25) is 9.59 Å². The molecule has 4 rings (SSSR count). The molecule has 1 N–H and O–H groups in total. The van der Waals surface area contributed by atoms with Crippen LogP contribution in [0.1, 0.15) is 48.1 Å². The third kappa shape index (κ3) is 5.22. The maximum Gasteiger partial charge on any atom is 0.254 e. The fourth-order valence-electron chi connectivity index (χ4n) is 4.43. The van der Waals surface area contributed by atoms with Crippen LogP contribution in [0.4, 0.5) is 4.39 Å². The maximum absolute atomic E-state index is 14.6. The standard InChI is InChI=1S/C24H26ClFN2O4S/c1-14-10-21(28(13-14)24(30)16-4-3-5-18(11-16)33(2,31)32)23(29)27-22(15-6-7-15)19-9-8-17(25)12-20(19)26/h3-5,8-9,11-12,14-15,21-22H,6-7,10,13H2,1-2H3,(H,27,29)/t14-,21-,22-/m1/s1. The molecule has 1 saturated heterocycles. The molecule has 1 aliphatic carbocycles. The number of sulfone groups is 1. The first-order valence-corrected chi connectivity index (χ1v) is 13.2.